The SMILES string of the molecule is Cc1cc(/C=C2\SC(=Nc3cccc(Cl)c3Cl)NC2=O)c(C)n1-c1cccc([N+](=O)[O-])c1. The van der Waals surface area contributed by atoms with E-state index in [9.17, 15) is 14.9 Å². The number of hydrogen-bond acceptors (Lipinski definition) is 5. The van der Waals surface area contributed by atoms with Gasteiger partial charge in [0.15, 0.2) is 5.17 Å². The largest absolute Gasteiger partial charge is 0.318 e. The minimum Gasteiger partial charge on any atom is -0.318 e. The molecule has 162 valence electrons. The van der Waals surface area contributed by atoms with Gasteiger partial charge in [0, 0.05) is 23.5 Å². The first kappa shape index (κ1) is 22.1. The molecule has 0 unspecified atom stereocenters. The van der Waals surface area contributed by atoms with E-state index in [1.54, 1.807) is 36.4 Å². The van der Waals surface area contributed by atoms with Crippen molar-refractivity contribution in [3.05, 3.63) is 90.5 Å². The van der Waals surface area contributed by atoms with Gasteiger partial charge in [-0.25, -0.2) is 4.99 Å². The van der Waals surface area contributed by atoms with Gasteiger partial charge in [0.1, 0.15) is 0 Å². The van der Waals surface area contributed by atoms with Gasteiger partial charge in [0.2, 0.25) is 0 Å². The third-order valence-electron chi connectivity index (χ3n) is 4.86. The molecular weight excluding hydrogens is 471 g/mol. The summed E-state index contributed by atoms with van der Waals surface area (Å²) >= 11 is 13.4. The smallest absolute Gasteiger partial charge is 0.271 e. The van der Waals surface area contributed by atoms with E-state index in [4.69, 9.17) is 23.2 Å². The minimum atomic E-state index is -0.424. The number of thioether (sulfide) groups is 1. The summed E-state index contributed by atoms with van der Waals surface area (Å²) in [5.74, 6) is -0.271. The van der Waals surface area contributed by atoms with Crippen molar-refractivity contribution in [3.8, 4) is 5.69 Å². The number of aliphatic imine (C=N–C) groups is 1. The summed E-state index contributed by atoms with van der Waals surface area (Å²) in [7, 11) is 0. The Hall–Kier alpha value is -3.07. The van der Waals surface area contributed by atoms with Gasteiger partial charge in [-0.1, -0.05) is 35.3 Å². The Morgan fingerprint density at radius 3 is 2.66 bits per heavy atom. The number of nitro groups is 1. The zero-order valence-corrected chi connectivity index (χ0v) is 19.3. The molecule has 32 heavy (non-hydrogen) atoms. The molecule has 2 aromatic carbocycles. The zero-order valence-electron chi connectivity index (χ0n) is 16.9. The number of benzene rings is 2. The average molecular weight is 487 g/mol. The summed E-state index contributed by atoms with van der Waals surface area (Å²) < 4.78 is 1.91. The number of halogens is 2. The molecule has 0 aliphatic carbocycles. The van der Waals surface area contributed by atoms with Crippen LogP contribution in [0, 0.1) is 24.0 Å². The predicted molar refractivity (Wildman–Crippen MR) is 129 cm³/mol. The maximum absolute atomic E-state index is 12.5. The molecule has 1 aliphatic rings. The molecular formula is C22H16Cl2N4O3S. The number of nitrogens with one attached hydrogen (secondary N) is 1. The quantitative estimate of drug-likeness (QED) is 0.270. The van der Waals surface area contributed by atoms with Crippen molar-refractivity contribution >= 4 is 63.5 Å². The molecule has 1 fully saturated rings. The molecule has 0 radical (unpaired) electrons. The highest BCUT2D eigenvalue weighted by molar-refractivity contribution is 8.18. The Labute approximate surface area is 197 Å². The highest BCUT2D eigenvalue weighted by Crippen LogP contribution is 2.35. The summed E-state index contributed by atoms with van der Waals surface area (Å²) in [6.45, 7) is 3.81. The molecule has 3 aromatic rings. The van der Waals surface area contributed by atoms with Crippen LogP contribution in [0.25, 0.3) is 11.8 Å². The van der Waals surface area contributed by atoms with Crippen LogP contribution in [0.5, 0.6) is 0 Å². The van der Waals surface area contributed by atoms with E-state index in [2.05, 4.69) is 10.3 Å². The molecule has 0 saturated carbocycles. The van der Waals surface area contributed by atoms with Gasteiger partial charge >= 0.3 is 0 Å². The number of amidine groups is 1. The van der Waals surface area contributed by atoms with Crippen molar-refractivity contribution in [1.29, 1.82) is 0 Å². The van der Waals surface area contributed by atoms with E-state index < -0.39 is 4.92 Å². The number of nitro benzene ring substituents is 1. The van der Waals surface area contributed by atoms with Gasteiger partial charge in [-0.2, -0.15) is 0 Å². The summed E-state index contributed by atoms with van der Waals surface area (Å²) in [5, 5.41) is 15.0. The van der Waals surface area contributed by atoms with Crippen LogP contribution in [0.1, 0.15) is 17.0 Å². The summed E-state index contributed by atoms with van der Waals surface area (Å²) in [6, 6.07) is 13.5. The van der Waals surface area contributed by atoms with Crippen molar-refractivity contribution in [1.82, 2.24) is 9.88 Å². The molecule has 0 bridgehead atoms. The van der Waals surface area contributed by atoms with E-state index >= 15 is 0 Å². The number of hydrogen-bond donors (Lipinski definition) is 1. The maximum atomic E-state index is 12.5. The zero-order chi connectivity index (χ0) is 23.0. The van der Waals surface area contributed by atoms with Crippen molar-refractivity contribution in [2.45, 2.75) is 13.8 Å². The van der Waals surface area contributed by atoms with Crippen molar-refractivity contribution in [2.75, 3.05) is 0 Å². The minimum absolute atomic E-state index is 0.0150. The van der Waals surface area contributed by atoms with Crippen molar-refractivity contribution in [3.63, 3.8) is 0 Å². The molecule has 1 amide bonds. The average Bonchev–Trinajstić information content (AvgIpc) is 3.23. The standard InChI is InChI=1S/C22H16Cl2N4O3S/c1-12-9-14(13(2)27(12)15-5-3-6-16(11-15)28(30)31)10-19-21(29)26-22(32-19)25-18-8-4-7-17(23)20(18)24/h3-11H,1-2H3,(H,25,26,29)/b19-10-. The van der Waals surface area contributed by atoms with E-state index in [0.717, 1.165) is 17.0 Å². The van der Waals surface area contributed by atoms with E-state index in [1.807, 2.05) is 24.5 Å². The molecule has 4 rings (SSSR count). The Bertz CT molecular complexity index is 1330. The number of rotatable bonds is 4. The lowest BCUT2D eigenvalue weighted by molar-refractivity contribution is -0.384. The summed E-state index contributed by atoms with van der Waals surface area (Å²) in [6.07, 6.45) is 1.78. The highest BCUT2D eigenvalue weighted by atomic mass is 35.5. The molecule has 10 heteroatoms. The third kappa shape index (κ3) is 4.29. The van der Waals surface area contributed by atoms with Gasteiger partial charge < -0.3 is 9.88 Å². The van der Waals surface area contributed by atoms with Crippen LogP contribution in [0.4, 0.5) is 11.4 Å². The van der Waals surface area contributed by atoms with Crippen LogP contribution in [0.2, 0.25) is 10.0 Å². The number of non-ortho nitro benzene ring substituents is 1. The Morgan fingerprint density at radius 1 is 1.16 bits per heavy atom. The number of aromatic nitrogens is 1. The number of nitrogens with zero attached hydrogens (tertiary/aromatic N) is 3. The molecule has 0 spiro atoms. The monoisotopic (exact) mass is 486 g/mol. The van der Waals surface area contributed by atoms with E-state index in [1.165, 1.54) is 23.9 Å². The normalized spacial score (nSPS) is 16.1. The predicted octanol–water partition coefficient (Wildman–Crippen LogP) is 6.20. The molecule has 2 heterocycles. The van der Waals surface area contributed by atoms with Crippen LogP contribution in [0.15, 0.2) is 58.4 Å². The first-order valence-electron chi connectivity index (χ1n) is 9.42. The molecule has 1 saturated heterocycles. The second-order valence-corrected chi connectivity index (χ2v) is 8.81. The topological polar surface area (TPSA) is 89.5 Å². The second kappa shape index (κ2) is 8.82. The Balaban J connectivity index is 1.66. The fourth-order valence-electron chi connectivity index (χ4n) is 3.39. The molecule has 7 nitrogen and oxygen atoms in total. The lowest BCUT2D eigenvalue weighted by Crippen LogP contribution is -2.19. The first-order chi connectivity index (χ1) is 15.2. The lowest BCUT2D eigenvalue weighted by atomic mass is 10.2. The van der Waals surface area contributed by atoms with Crippen LogP contribution < -0.4 is 5.32 Å². The number of carbonyl (C=O) groups excluding carboxylic acids is 1. The van der Waals surface area contributed by atoms with Gasteiger partial charge in [0.05, 0.1) is 31.2 Å². The Kier molecular flexibility index (Phi) is 6.10. The van der Waals surface area contributed by atoms with Crippen molar-refractivity contribution < 1.29 is 9.72 Å². The summed E-state index contributed by atoms with van der Waals surface area (Å²) in [4.78, 5) is 28.1. The van der Waals surface area contributed by atoms with Crippen LogP contribution in [-0.2, 0) is 4.79 Å². The highest BCUT2D eigenvalue weighted by Gasteiger charge is 2.25. The third-order valence-corrected chi connectivity index (χ3v) is 6.58. The van der Waals surface area contributed by atoms with Gasteiger partial charge in [0.25, 0.3) is 11.6 Å². The fraction of sp³-hybridized carbons (Fsp3) is 0.0909. The number of aryl methyl sites for hydroxylation is 1. The van der Waals surface area contributed by atoms with E-state index in [0.29, 0.717) is 31.5 Å². The van der Waals surface area contributed by atoms with E-state index in [-0.39, 0.29) is 11.6 Å². The Morgan fingerprint density at radius 2 is 1.91 bits per heavy atom. The van der Waals surface area contributed by atoms with Gasteiger partial charge in [-0.15, -0.1) is 0 Å². The summed E-state index contributed by atoms with van der Waals surface area (Å²) in [5.41, 5.74) is 3.73. The van der Waals surface area contributed by atoms with Gasteiger partial charge in [-0.05, 0) is 61.5 Å². The molecule has 1 aromatic heterocycles. The lowest BCUT2D eigenvalue weighted by Gasteiger charge is -2.09. The second-order valence-electron chi connectivity index (χ2n) is 6.99. The number of amides is 1. The van der Waals surface area contributed by atoms with Crippen LogP contribution >= 0.6 is 35.0 Å². The van der Waals surface area contributed by atoms with Crippen LogP contribution in [0.3, 0.4) is 0 Å². The maximum Gasteiger partial charge on any atom is 0.271 e. The number of carbonyl (C=O) groups is 1. The molecule has 0 atom stereocenters. The van der Waals surface area contributed by atoms with Crippen molar-refractivity contribution in [2.24, 2.45) is 4.99 Å². The van der Waals surface area contributed by atoms with Crippen LogP contribution in [-0.4, -0.2) is 20.6 Å². The first-order valence-corrected chi connectivity index (χ1v) is 11.0. The molecule has 1 N–H and O–H groups in total. The fourth-order valence-corrected chi connectivity index (χ4v) is 4.55. The van der Waals surface area contributed by atoms with Gasteiger partial charge in [-0.3, -0.25) is 14.9 Å². The molecule has 1 aliphatic heterocycles.